The van der Waals surface area contributed by atoms with Crippen molar-refractivity contribution in [2.45, 2.75) is 64.3 Å². The molecule has 0 aliphatic heterocycles. The molecule has 0 amide bonds. The third kappa shape index (κ3) is 4.05. The lowest BCUT2D eigenvalue weighted by molar-refractivity contribution is 0.282. The van der Waals surface area contributed by atoms with Gasteiger partial charge in [-0.05, 0) is 31.7 Å². The van der Waals surface area contributed by atoms with Crippen LogP contribution in [0.25, 0.3) is 0 Å². The van der Waals surface area contributed by atoms with E-state index in [1.807, 2.05) is 18.7 Å². The van der Waals surface area contributed by atoms with Crippen LogP contribution in [0.4, 0.5) is 0 Å². The Morgan fingerprint density at radius 2 is 1.95 bits per heavy atom. The van der Waals surface area contributed by atoms with Gasteiger partial charge in [0.1, 0.15) is 0 Å². The molecule has 1 aliphatic rings. The fourth-order valence-corrected chi connectivity index (χ4v) is 3.33. The van der Waals surface area contributed by atoms with Crippen molar-refractivity contribution in [3.63, 3.8) is 0 Å². The fraction of sp³-hybridized carbons (Fsp3) is 0.800. The van der Waals surface area contributed by atoms with Crippen LogP contribution < -0.4 is 11.3 Å². The van der Waals surface area contributed by atoms with E-state index in [9.17, 15) is 0 Å². The van der Waals surface area contributed by atoms with Gasteiger partial charge in [0.15, 0.2) is 0 Å². The Morgan fingerprint density at radius 3 is 2.47 bits per heavy atom. The molecule has 1 heterocycles. The van der Waals surface area contributed by atoms with Gasteiger partial charge in [0.05, 0.1) is 5.69 Å². The summed E-state index contributed by atoms with van der Waals surface area (Å²) in [5.74, 6) is 6.53. The molecule has 4 nitrogen and oxygen atoms in total. The Balaban J connectivity index is 1.99. The van der Waals surface area contributed by atoms with Gasteiger partial charge in [-0.15, -0.1) is 0 Å². The number of hydrazine groups is 1. The molecular formula is C15H28N4. The van der Waals surface area contributed by atoms with E-state index in [2.05, 4.69) is 16.6 Å². The van der Waals surface area contributed by atoms with E-state index in [1.165, 1.54) is 50.6 Å². The number of nitrogens with two attached hydrogens (primary N) is 1. The van der Waals surface area contributed by atoms with Gasteiger partial charge in [-0.25, -0.2) is 0 Å². The minimum Gasteiger partial charge on any atom is -0.272 e. The molecular weight excluding hydrogens is 236 g/mol. The number of nitrogens with zero attached hydrogens (tertiary/aromatic N) is 2. The lowest BCUT2D eigenvalue weighted by Gasteiger charge is -2.28. The van der Waals surface area contributed by atoms with Crippen LogP contribution in [0.2, 0.25) is 0 Å². The summed E-state index contributed by atoms with van der Waals surface area (Å²) in [5.41, 5.74) is 5.43. The molecule has 1 aromatic heterocycles. The Bertz CT molecular complexity index is 377. The molecule has 1 unspecified atom stereocenters. The van der Waals surface area contributed by atoms with Crippen molar-refractivity contribution in [1.29, 1.82) is 0 Å². The molecule has 1 aromatic rings. The Kier molecular flexibility index (Phi) is 5.40. The quantitative estimate of drug-likeness (QED) is 0.649. The molecule has 4 heteroatoms. The molecule has 108 valence electrons. The summed E-state index contributed by atoms with van der Waals surface area (Å²) in [4.78, 5) is 0. The maximum absolute atomic E-state index is 5.82. The van der Waals surface area contributed by atoms with Gasteiger partial charge < -0.3 is 0 Å². The molecule has 1 atom stereocenters. The highest BCUT2D eigenvalue weighted by atomic mass is 15.3. The van der Waals surface area contributed by atoms with Crippen molar-refractivity contribution in [1.82, 2.24) is 15.2 Å². The van der Waals surface area contributed by atoms with Crippen LogP contribution in [-0.4, -0.2) is 15.8 Å². The van der Waals surface area contributed by atoms with E-state index >= 15 is 0 Å². The molecule has 0 aromatic carbocycles. The lowest BCUT2D eigenvalue weighted by atomic mass is 9.84. The highest BCUT2D eigenvalue weighted by Crippen LogP contribution is 2.26. The Hall–Kier alpha value is -0.870. The van der Waals surface area contributed by atoms with E-state index < -0.39 is 0 Å². The minimum absolute atomic E-state index is 0.382. The second kappa shape index (κ2) is 7.06. The molecule has 0 saturated heterocycles. The van der Waals surface area contributed by atoms with E-state index in [1.54, 1.807) is 0 Å². The number of rotatable bonds is 4. The van der Waals surface area contributed by atoms with Gasteiger partial charge in [-0.3, -0.25) is 16.0 Å². The highest BCUT2D eigenvalue weighted by Gasteiger charge is 2.22. The monoisotopic (exact) mass is 264 g/mol. The largest absolute Gasteiger partial charge is 0.272 e. The summed E-state index contributed by atoms with van der Waals surface area (Å²) in [7, 11) is 2.02. The van der Waals surface area contributed by atoms with E-state index in [0.29, 0.717) is 12.0 Å². The van der Waals surface area contributed by atoms with Crippen molar-refractivity contribution in [3.05, 3.63) is 17.5 Å². The maximum Gasteiger partial charge on any atom is 0.0596 e. The van der Waals surface area contributed by atoms with Crippen LogP contribution in [-0.2, 0) is 13.5 Å². The third-order valence-corrected chi connectivity index (χ3v) is 4.46. The van der Waals surface area contributed by atoms with Crippen molar-refractivity contribution in [2.75, 3.05) is 0 Å². The molecule has 0 radical (unpaired) electrons. The molecule has 19 heavy (non-hydrogen) atoms. The SMILES string of the molecule is Cc1cc(CC(NN)C2CCCCCCC2)n(C)n1. The minimum atomic E-state index is 0.382. The maximum atomic E-state index is 5.82. The second-order valence-corrected chi connectivity index (χ2v) is 5.98. The summed E-state index contributed by atoms with van der Waals surface area (Å²) >= 11 is 0. The predicted molar refractivity (Wildman–Crippen MR) is 78.6 cm³/mol. The van der Waals surface area contributed by atoms with E-state index in [-0.39, 0.29) is 0 Å². The van der Waals surface area contributed by atoms with Crippen LogP contribution in [0.15, 0.2) is 6.07 Å². The van der Waals surface area contributed by atoms with Gasteiger partial charge in [-0.1, -0.05) is 32.1 Å². The van der Waals surface area contributed by atoms with Crippen molar-refractivity contribution < 1.29 is 0 Å². The first-order valence-electron chi connectivity index (χ1n) is 7.66. The molecule has 0 spiro atoms. The first-order valence-corrected chi connectivity index (χ1v) is 7.66. The average molecular weight is 264 g/mol. The average Bonchev–Trinajstić information content (AvgIpc) is 2.65. The third-order valence-electron chi connectivity index (χ3n) is 4.46. The first-order chi connectivity index (χ1) is 9.20. The molecule has 0 bridgehead atoms. The summed E-state index contributed by atoms with van der Waals surface area (Å²) in [5, 5.41) is 4.43. The van der Waals surface area contributed by atoms with Crippen LogP contribution in [0.1, 0.15) is 56.3 Å². The number of hydrogen-bond acceptors (Lipinski definition) is 3. The highest BCUT2D eigenvalue weighted by molar-refractivity contribution is 5.10. The molecule has 2 rings (SSSR count). The van der Waals surface area contributed by atoms with Crippen LogP contribution in [0, 0.1) is 12.8 Å². The number of hydrogen-bond donors (Lipinski definition) is 2. The van der Waals surface area contributed by atoms with E-state index in [4.69, 9.17) is 5.84 Å². The molecule has 3 N–H and O–H groups in total. The second-order valence-electron chi connectivity index (χ2n) is 5.98. The van der Waals surface area contributed by atoms with Crippen molar-refractivity contribution in [3.8, 4) is 0 Å². The van der Waals surface area contributed by atoms with Gasteiger partial charge in [-0.2, -0.15) is 5.10 Å². The predicted octanol–water partition coefficient (Wildman–Crippen LogP) is 2.46. The smallest absolute Gasteiger partial charge is 0.0596 e. The van der Waals surface area contributed by atoms with Gasteiger partial charge in [0.25, 0.3) is 0 Å². The first kappa shape index (κ1) is 14.5. The van der Waals surface area contributed by atoms with E-state index in [0.717, 1.165) is 12.1 Å². The zero-order chi connectivity index (χ0) is 13.7. The number of aromatic nitrogens is 2. The van der Waals surface area contributed by atoms with Gasteiger partial charge >= 0.3 is 0 Å². The van der Waals surface area contributed by atoms with Gasteiger partial charge in [0.2, 0.25) is 0 Å². The normalized spacial score (nSPS) is 19.9. The number of aryl methyl sites for hydroxylation is 2. The molecule has 1 aliphatic carbocycles. The zero-order valence-electron chi connectivity index (χ0n) is 12.4. The van der Waals surface area contributed by atoms with Gasteiger partial charge in [0, 0.05) is 25.2 Å². The zero-order valence-corrected chi connectivity index (χ0v) is 12.4. The fourth-order valence-electron chi connectivity index (χ4n) is 3.33. The Labute approximate surface area is 116 Å². The summed E-state index contributed by atoms with van der Waals surface area (Å²) in [6, 6.07) is 2.56. The van der Waals surface area contributed by atoms with Crippen molar-refractivity contribution >= 4 is 0 Å². The molecule has 1 saturated carbocycles. The summed E-state index contributed by atoms with van der Waals surface area (Å²) < 4.78 is 1.99. The standard InChI is InChI=1S/C15H28N4/c1-12-10-14(19(2)18-12)11-15(17-16)13-8-6-4-3-5-7-9-13/h10,13,15,17H,3-9,11,16H2,1-2H3. The summed E-state index contributed by atoms with van der Waals surface area (Å²) in [6.45, 7) is 2.05. The Morgan fingerprint density at radius 1 is 1.32 bits per heavy atom. The van der Waals surface area contributed by atoms with Crippen LogP contribution in [0.5, 0.6) is 0 Å². The number of nitrogens with one attached hydrogen (secondary N) is 1. The van der Waals surface area contributed by atoms with Crippen LogP contribution >= 0.6 is 0 Å². The van der Waals surface area contributed by atoms with Crippen molar-refractivity contribution in [2.24, 2.45) is 18.8 Å². The van der Waals surface area contributed by atoms with Crippen LogP contribution in [0.3, 0.4) is 0 Å². The topological polar surface area (TPSA) is 55.9 Å². The molecule has 1 fully saturated rings. The lowest BCUT2D eigenvalue weighted by Crippen LogP contribution is -2.43. The summed E-state index contributed by atoms with van der Waals surface area (Å²) in [6.07, 6.45) is 10.5.